The highest BCUT2D eigenvalue weighted by molar-refractivity contribution is 6.16. The van der Waals surface area contributed by atoms with Crippen LogP contribution in [0, 0.1) is 0 Å². The summed E-state index contributed by atoms with van der Waals surface area (Å²) in [6, 6.07) is 18.0. The number of alkyl halides is 3. The average Bonchev–Trinajstić information content (AvgIpc) is 3.60. The summed E-state index contributed by atoms with van der Waals surface area (Å²) in [5.41, 5.74) is 2.28. The summed E-state index contributed by atoms with van der Waals surface area (Å²) in [7, 11) is 0. The smallest absolute Gasteiger partial charge is 0.402 e. The maximum atomic E-state index is 13.4. The molecule has 2 N–H and O–H groups in total. The highest BCUT2D eigenvalue weighted by atomic mass is 19.4. The third kappa shape index (κ3) is 5.06. The number of pyridine rings is 1. The third-order valence-corrected chi connectivity index (χ3v) is 7.28. The van der Waals surface area contributed by atoms with Crippen molar-refractivity contribution in [3.8, 4) is 11.6 Å². The predicted octanol–water partition coefficient (Wildman–Crippen LogP) is 5.91. The fraction of sp³-hybridized carbons (Fsp3) is 0.276. The van der Waals surface area contributed by atoms with Gasteiger partial charge < -0.3 is 15.1 Å². The lowest BCUT2D eigenvalue weighted by molar-refractivity contribution is -0.137. The quantitative estimate of drug-likeness (QED) is 0.297. The predicted molar refractivity (Wildman–Crippen MR) is 143 cm³/mol. The van der Waals surface area contributed by atoms with Gasteiger partial charge in [0, 0.05) is 29.3 Å². The van der Waals surface area contributed by atoms with E-state index in [1.54, 1.807) is 0 Å². The summed E-state index contributed by atoms with van der Waals surface area (Å²) in [5.74, 6) is -0.283. The molecule has 0 unspecified atom stereocenters. The van der Waals surface area contributed by atoms with Gasteiger partial charge in [-0.3, -0.25) is 9.79 Å². The summed E-state index contributed by atoms with van der Waals surface area (Å²) in [6.45, 7) is 1.97. The van der Waals surface area contributed by atoms with Gasteiger partial charge in [-0.2, -0.15) is 13.2 Å². The number of nitrogens with zero attached hydrogens (tertiary/aromatic N) is 4. The van der Waals surface area contributed by atoms with E-state index in [1.165, 1.54) is 0 Å². The Morgan fingerprint density at radius 2 is 1.80 bits per heavy atom. The minimum atomic E-state index is -4.56. The van der Waals surface area contributed by atoms with Gasteiger partial charge in [-0.05, 0) is 30.9 Å². The first kappa shape index (κ1) is 25.7. The van der Waals surface area contributed by atoms with Crippen LogP contribution in [0.25, 0.3) is 11.6 Å². The van der Waals surface area contributed by atoms with Crippen molar-refractivity contribution in [2.24, 2.45) is 4.99 Å². The van der Waals surface area contributed by atoms with Crippen LogP contribution in [0.1, 0.15) is 48.4 Å². The molecule has 0 bridgehead atoms. The van der Waals surface area contributed by atoms with Gasteiger partial charge in [0.25, 0.3) is 5.89 Å². The number of anilines is 2. The van der Waals surface area contributed by atoms with E-state index in [2.05, 4.69) is 25.8 Å². The van der Waals surface area contributed by atoms with Crippen molar-refractivity contribution in [1.29, 1.82) is 0 Å². The van der Waals surface area contributed by atoms with Crippen molar-refractivity contribution in [2.45, 2.75) is 50.5 Å². The Hall–Kier alpha value is -4.54. The van der Waals surface area contributed by atoms with Crippen LogP contribution < -0.4 is 10.6 Å². The average molecular weight is 547 g/mol. The number of carbonyl (C=O) groups is 1. The molecule has 1 saturated carbocycles. The number of hydrogen-bond donors (Lipinski definition) is 2. The van der Waals surface area contributed by atoms with E-state index >= 15 is 0 Å². The zero-order valence-electron chi connectivity index (χ0n) is 21.5. The molecular weight excluding hydrogens is 521 g/mol. The lowest BCUT2D eigenvalue weighted by Crippen LogP contribution is -2.29. The molecule has 1 fully saturated rings. The minimum Gasteiger partial charge on any atom is -0.402 e. The molecule has 1 aliphatic heterocycles. The molecule has 40 heavy (non-hydrogen) atoms. The van der Waals surface area contributed by atoms with Gasteiger partial charge in [0.05, 0.1) is 17.0 Å². The summed E-state index contributed by atoms with van der Waals surface area (Å²) in [5, 5.41) is 14.2. The topological polar surface area (TPSA) is 105 Å². The van der Waals surface area contributed by atoms with Gasteiger partial charge in [0.15, 0.2) is 17.6 Å². The van der Waals surface area contributed by atoms with Gasteiger partial charge in [0.2, 0.25) is 0 Å². The van der Waals surface area contributed by atoms with E-state index in [1.807, 2.05) is 61.5 Å². The molecule has 2 aromatic heterocycles. The molecule has 2 aromatic carbocycles. The molecule has 0 amide bonds. The van der Waals surface area contributed by atoms with E-state index in [9.17, 15) is 18.0 Å². The van der Waals surface area contributed by atoms with Crippen LogP contribution in [0.15, 0.2) is 76.3 Å². The van der Waals surface area contributed by atoms with Gasteiger partial charge in [-0.15, -0.1) is 5.10 Å². The van der Waals surface area contributed by atoms with Gasteiger partial charge in [-0.1, -0.05) is 66.6 Å². The van der Waals surface area contributed by atoms with Crippen molar-refractivity contribution < 1.29 is 22.4 Å². The van der Waals surface area contributed by atoms with Crippen molar-refractivity contribution in [1.82, 2.24) is 15.2 Å². The van der Waals surface area contributed by atoms with Crippen molar-refractivity contribution >= 4 is 23.2 Å². The van der Waals surface area contributed by atoms with Crippen LogP contribution in [0.5, 0.6) is 0 Å². The summed E-state index contributed by atoms with van der Waals surface area (Å²) >= 11 is 0. The normalized spacial score (nSPS) is 17.9. The number of Topliss-reactive ketones (excluding diaryl/α,β-unsaturated/α-hetero) is 1. The number of halogens is 3. The summed E-state index contributed by atoms with van der Waals surface area (Å²) in [4.78, 5) is 22.0. The van der Waals surface area contributed by atoms with Crippen LogP contribution in [-0.4, -0.2) is 38.4 Å². The molecule has 204 valence electrons. The van der Waals surface area contributed by atoms with Crippen LogP contribution in [0.4, 0.5) is 24.9 Å². The van der Waals surface area contributed by atoms with E-state index in [0.717, 1.165) is 48.2 Å². The number of fused-ring (bicyclic) bond motifs is 1. The summed E-state index contributed by atoms with van der Waals surface area (Å²) < 4.78 is 46.1. The van der Waals surface area contributed by atoms with Gasteiger partial charge in [-0.25, -0.2) is 4.98 Å². The molecule has 11 heteroatoms. The lowest BCUT2D eigenvalue weighted by atomic mass is 9.96. The molecule has 1 aliphatic carbocycles. The van der Waals surface area contributed by atoms with Crippen molar-refractivity contribution in [2.75, 3.05) is 10.6 Å². The third-order valence-electron chi connectivity index (χ3n) is 7.28. The highest BCUT2D eigenvalue weighted by Crippen LogP contribution is 2.44. The Kier molecular flexibility index (Phi) is 6.36. The monoisotopic (exact) mass is 546 g/mol. The molecule has 8 nitrogen and oxygen atoms in total. The van der Waals surface area contributed by atoms with Crippen molar-refractivity contribution in [3.63, 3.8) is 0 Å². The fourth-order valence-electron chi connectivity index (χ4n) is 4.78. The Bertz CT molecular complexity index is 1590. The Balaban J connectivity index is 1.33. The van der Waals surface area contributed by atoms with Crippen LogP contribution in [0.2, 0.25) is 0 Å². The largest absolute Gasteiger partial charge is 0.417 e. The van der Waals surface area contributed by atoms with E-state index < -0.39 is 17.9 Å². The first-order valence-electron chi connectivity index (χ1n) is 12.9. The SMILES string of the molecule is CCC1(Nc2cc(C(F)(F)F)cnc2-c2nnc(N[C@H]3N=C(c4ccccc4)c4ccccc4CC3=O)o2)CC1. The second-order valence-electron chi connectivity index (χ2n) is 9.98. The molecule has 0 saturated heterocycles. The second kappa shape index (κ2) is 9.89. The zero-order chi connectivity index (χ0) is 27.9. The van der Waals surface area contributed by atoms with E-state index in [-0.39, 0.29) is 41.0 Å². The molecule has 1 atom stereocenters. The zero-order valence-corrected chi connectivity index (χ0v) is 21.5. The number of aromatic nitrogens is 3. The Morgan fingerprint density at radius 1 is 1.05 bits per heavy atom. The molecular formula is C29H25F3N6O2. The maximum absolute atomic E-state index is 13.4. The standard InChI is InChI=1S/C29H25F3N6O2/c1-2-28(12-13-28)36-21-15-19(29(30,31)32)16-33-24(21)26-37-38-27(40-26)35-25-22(39)14-18-10-6-7-11-20(18)23(34-25)17-8-4-3-5-9-17/h3-11,15-16,25,36H,2,12-14H2,1H3,(H,35,38)/t25-/m1/s1. The van der Waals surface area contributed by atoms with Gasteiger partial charge >= 0.3 is 12.2 Å². The fourth-order valence-corrected chi connectivity index (χ4v) is 4.78. The number of ketones is 1. The maximum Gasteiger partial charge on any atom is 0.417 e. The number of nitrogens with one attached hydrogen (secondary N) is 2. The van der Waals surface area contributed by atoms with E-state index in [4.69, 9.17) is 9.41 Å². The van der Waals surface area contributed by atoms with Crippen LogP contribution >= 0.6 is 0 Å². The number of hydrogen-bond acceptors (Lipinski definition) is 8. The molecule has 3 heterocycles. The first-order valence-corrected chi connectivity index (χ1v) is 12.9. The number of aliphatic imine (C=N–C) groups is 1. The van der Waals surface area contributed by atoms with E-state index in [0.29, 0.717) is 5.71 Å². The van der Waals surface area contributed by atoms with Crippen LogP contribution in [-0.2, 0) is 17.4 Å². The molecule has 2 aliphatic rings. The first-order chi connectivity index (χ1) is 19.2. The highest BCUT2D eigenvalue weighted by Gasteiger charge is 2.42. The number of carbonyl (C=O) groups excluding carboxylic acids is 1. The molecule has 4 aromatic rings. The Morgan fingerprint density at radius 3 is 2.52 bits per heavy atom. The molecule has 0 radical (unpaired) electrons. The lowest BCUT2D eigenvalue weighted by Gasteiger charge is -2.19. The number of rotatable bonds is 7. The van der Waals surface area contributed by atoms with Crippen molar-refractivity contribution in [3.05, 3.63) is 89.1 Å². The summed E-state index contributed by atoms with van der Waals surface area (Å²) in [6.07, 6.45) is -2.28. The minimum absolute atomic E-state index is 0.0813. The number of benzene rings is 2. The second-order valence-corrected chi connectivity index (χ2v) is 9.98. The Labute approximate surface area is 227 Å². The van der Waals surface area contributed by atoms with Gasteiger partial charge in [0.1, 0.15) is 0 Å². The van der Waals surface area contributed by atoms with Crippen LogP contribution in [0.3, 0.4) is 0 Å². The molecule has 0 spiro atoms. The molecule has 6 rings (SSSR count).